The number of hydrogen-bond acceptors (Lipinski definition) is 6. The molecule has 29 heavy (non-hydrogen) atoms. The van der Waals surface area contributed by atoms with Gasteiger partial charge in [0.25, 0.3) is 0 Å². The Labute approximate surface area is 176 Å². The molecule has 8 heteroatoms. The van der Waals surface area contributed by atoms with Crippen molar-refractivity contribution in [3.63, 3.8) is 0 Å². The summed E-state index contributed by atoms with van der Waals surface area (Å²) in [4.78, 5) is 13.0. The number of sulfone groups is 1. The normalized spacial score (nSPS) is 16.8. The van der Waals surface area contributed by atoms with Crippen LogP contribution in [0, 0.1) is 0 Å². The van der Waals surface area contributed by atoms with Gasteiger partial charge >= 0.3 is 0 Å². The summed E-state index contributed by atoms with van der Waals surface area (Å²) in [6, 6.07) is 5.98. The average molecular weight is 433 g/mol. The van der Waals surface area contributed by atoms with Crippen LogP contribution in [0.5, 0.6) is 0 Å². The van der Waals surface area contributed by atoms with Crippen molar-refractivity contribution in [1.29, 1.82) is 0 Å². The smallest absolute Gasteiger partial charge is 0.148 e. The summed E-state index contributed by atoms with van der Waals surface area (Å²) in [7, 11) is -2.90. The van der Waals surface area contributed by atoms with E-state index in [1.807, 2.05) is 24.4 Å². The first kappa shape index (κ1) is 20.5. The zero-order chi connectivity index (χ0) is 20.6. The Morgan fingerprint density at radius 2 is 2.00 bits per heavy atom. The number of aromatic nitrogens is 3. The second-order valence-corrected chi connectivity index (χ2v) is 11.5. The summed E-state index contributed by atoms with van der Waals surface area (Å²) in [5.41, 5.74) is 2.36. The van der Waals surface area contributed by atoms with Crippen LogP contribution in [-0.2, 0) is 9.84 Å². The predicted molar refractivity (Wildman–Crippen MR) is 119 cm³/mol. The highest BCUT2D eigenvalue weighted by molar-refractivity contribution is 7.90. The summed E-state index contributed by atoms with van der Waals surface area (Å²) >= 11 is 1.78. The highest BCUT2D eigenvalue weighted by atomic mass is 32.2. The minimum atomic E-state index is -2.90. The summed E-state index contributed by atoms with van der Waals surface area (Å²) in [5, 5.41) is 1.20. The largest absolute Gasteiger partial charge is 0.302 e. The predicted octanol–water partition coefficient (Wildman–Crippen LogP) is 3.83. The lowest BCUT2D eigenvalue weighted by Gasteiger charge is -2.30. The third-order valence-corrected chi connectivity index (χ3v) is 7.76. The third-order valence-electron chi connectivity index (χ3n) is 5.62. The van der Waals surface area contributed by atoms with Crippen molar-refractivity contribution in [2.45, 2.75) is 38.5 Å². The molecule has 0 spiro atoms. The molecule has 0 radical (unpaired) electrons. The van der Waals surface area contributed by atoms with E-state index in [9.17, 15) is 8.42 Å². The van der Waals surface area contributed by atoms with E-state index in [4.69, 9.17) is 4.98 Å². The molecule has 0 atom stereocenters. The molecule has 0 aliphatic carbocycles. The Balaban J connectivity index is 1.57. The maximum Gasteiger partial charge on any atom is 0.148 e. The molecule has 0 saturated carbocycles. The SMILES string of the molecule is CC(C)c1cn(-c2ccccn2)c2sc(C3CCN(CCS(C)(=O)=O)CC3)nc12. The first-order chi connectivity index (χ1) is 13.8. The molecule has 156 valence electrons. The minimum Gasteiger partial charge on any atom is -0.302 e. The molecule has 6 nitrogen and oxygen atoms in total. The van der Waals surface area contributed by atoms with E-state index >= 15 is 0 Å². The number of likely N-dealkylation sites (tertiary alicyclic amines) is 1. The maximum atomic E-state index is 11.4. The Morgan fingerprint density at radius 1 is 1.24 bits per heavy atom. The number of nitrogens with zero attached hydrogens (tertiary/aromatic N) is 4. The molecular weight excluding hydrogens is 404 g/mol. The fourth-order valence-corrected chi connectivity index (χ4v) is 5.73. The van der Waals surface area contributed by atoms with E-state index in [-0.39, 0.29) is 5.75 Å². The van der Waals surface area contributed by atoms with Crippen LogP contribution >= 0.6 is 11.3 Å². The van der Waals surface area contributed by atoms with Crippen LogP contribution in [0.2, 0.25) is 0 Å². The number of fused-ring (bicyclic) bond motifs is 1. The lowest BCUT2D eigenvalue weighted by molar-refractivity contribution is 0.223. The van der Waals surface area contributed by atoms with Crippen molar-refractivity contribution in [3.8, 4) is 5.82 Å². The van der Waals surface area contributed by atoms with Gasteiger partial charge in [0.05, 0.1) is 10.8 Å². The molecule has 3 aromatic heterocycles. The van der Waals surface area contributed by atoms with Crippen molar-refractivity contribution in [1.82, 2.24) is 19.4 Å². The summed E-state index contributed by atoms with van der Waals surface area (Å²) in [5.74, 6) is 2.01. The van der Waals surface area contributed by atoms with Crippen molar-refractivity contribution in [3.05, 3.63) is 41.2 Å². The lowest BCUT2D eigenvalue weighted by atomic mass is 9.97. The summed E-state index contributed by atoms with van der Waals surface area (Å²) < 4.78 is 25.0. The number of pyridine rings is 1. The van der Waals surface area contributed by atoms with E-state index in [0.29, 0.717) is 18.4 Å². The third kappa shape index (κ3) is 4.54. The van der Waals surface area contributed by atoms with Gasteiger partial charge in [-0.15, -0.1) is 0 Å². The molecule has 1 aliphatic heterocycles. The Kier molecular flexibility index (Phi) is 5.77. The van der Waals surface area contributed by atoms with Gasteiger partial charge in [0.2, 0.25) is 0 Å². The fourth-order valence-electron chi connectivity index (χ4n) is 3.90. The lowest BCUT2D eigenvalue weighted by Crippen LogP contribution is -2.36. The van der Waals surface area contributed by atoms with Crippen molar-refractivity contribution >= 4 is 31.5 Å². The number of piperidine rings is 1. The van der Waals surface area contributed by atoms with E-state index in [2.05, 4.69) is 34.5 Å². The van der Waals surface area contributed by atoms with Gasteiger partial charge in [-0.2, -0.15) is 0 Å². The van der Waals surface area contributed by atoms with Crippen molar-refractivity contribution < 1.29 is 8.42 Å². The summed E-state index contributed by atoms with van der Waals surface area (Å²) in [6.07, 6.45) is 7.37. The van der Waals surface area contributed by atoms with Crippen LogP contribution in [0.1, 0.15) is 49.1 Å². The average Bonchev–Trinajstić information content (AvgIpc) is 3.26. The topological polar surface area (TPSA) is 68.1 Å². The molecule has 0 N–H and O–H groups in total. The molecule has 1 aliphatic rings. The number of rotatable bonds is 6. The highest BCUT2D eigenvalue weighted by Crippen LogP contribution is 2.38. The second-order valence-electron chi connectivity index (χ2n) is 8.25. The van der Waals surface area contributed by atoms with Crippen LogP contribution in [-0.4, -0.2) is 59.5 Å². The van der Waals surface area contributed by atoms with Crippen molar-refractivity contribution in [2.75, 3.05) is 31.6 Å². The highest BCUT2D eigenvalue weighted by Gasteiger charge is 2.26. The van der Waals surface area contributed by atoms with Gasteiger partial charge in [-0.05, 0) is 44.0 Å². The van der Waals surface area contributed by atoms with Gasteiger partial charge < -0.3 is 4.90 Å². The molecule has 0 bridgehead atoms. The zero-order valence-corrected chi connectivity index (χ0v) is 18.8. The molecule has 4 heterocycles. The molecule has 0 unspecified atom stereocenters. The number of thiazole rings is 1. The number of hydrogen-bond donors (Lipinski definition) is 0. The molecular formula is C21H28N4O2S2. The molecule has 1 saturated heterocycles. The molecule has 0 amide bonds. The van der Waals surface area contributed by atoms with Gasteiger partial charge in [0.1, 0.15) is 26.0 Å². The molecule has 0 aromatic carbocycles. The van der Waals surface area contributed by atoms with Gasteiger partial charge in [0, 0.05) is 36.7 Å². The van der Waals surface area contributed by atoms with Crippen LogP contribution in [0.3, 0.4) is 0 Å². The van der Waals surface area contributed by atoms with Crippen LogP contribution < -0.4 is 0 Å². The van der Waals surface area contributed by atoms with E-state index in [0.717, 1.165) is 37.3 Å². The fraction of sp³-hybridized carbons (Fsp3) is 0.524. The van der Waals surface area contributed by atoms with Gasteiger partial charge in [0.15, 0.2) is 0 Å². The van der Waals surface area contributed by atoms with Crippen LogP contribution in [0.4, 0.5) is 0 Å². The first-order valence-corrected chi connectivity index (χ1v) is 13.0. The molecule has 1 fully saturated rings. The molecule has 3 aromatic rings. The van der Waals surface area contributed by atoms with Gasteiger partial charge in [-0.3, -0.25) is 4.57 Å². The zero-order valence-electron chi connectivity index (χ0n) is 17.2. The van der Waals surface area contributed by atoms with Gasteiger partial charge in [-0.25, -0.2) is 18.4 Å². The van der Waals surface area contributed by atoms with Crippen LogP contribution in [0.15, 0.2) is 30.6 Å². The maximum absolute atomic E-state index is 11.4. The monoisotopic (exact) mass is 432 g/mol. The standard InChI is InChI=1S/C21H28N4O2S2/c1-15(2)17-14-25(18-6-4-5-9-22-18)21-19(17)23-20(28-21)16-7-10-24(11-8-16)12-13-29(3,26)27/h4-6,9,14-16H,7-8,10-13H2,1-3H3. The summed E-state index contributed by atoms with van der Waals surface area (Å²) in [6.45, 7) is 6.91. The van der Waals surface area contributed by atoms with Crippen LogP contribution in [0.25, 0.3) is 16.2 Å². The first-order valence-electron chi connectivity index (χ1n) is 10.1. The Bertz CT molecular complexity index is 1080. The van der Waals surface area contributed by atoms with E-state index < -0.39 is 9.84 Å². The van der Waals surface area contributed by atoms with Gasteiger partial charge in [-0.1, -0.05) is 31.3 Å². The minimum absolute atomic E-state index is 0.241. The van der Waals surface area contributed by atoms with Crippen molar-refractivity contribution in [2.24, 2.45) is 0 Å². The Hall–Kier alpha value is -1.77. The Morgan fingerprint density at radius 3 is 2.62 bits per heavy atom. The quantitative estimate of drug-likeness (QED) is 0.592. The molecule has 4 rings (SSSR count). The van der Waals surface area contributed by atoms with E-state index in [1.54, 1.807) is 11.3 Å². The second kappa shape index (κ2) is 8.16. The van der Waals surface area contributed by atoms with E-state index in [1.165, 1.54) is 21.7 Å².